The summed E-state index contributed by atoms with van der Waals surface area (Å²) >= 11 is 0. The minimum atomic E-state index is -0.700. The van der Waals surface area contributed by atoms with Gasteiger partial charge in [-0.3, -0.25) is 9.78 Å². The van der Waals surface area contributed by atoms with Gasteiger partial charge in [0.2, 0.25) is 5.91 Å². The second-order valence-corrected chi connectivity index (χ2v) is 7.32. The lowest BCUT2D eigenvalue weighted by Crippen LogP contribution is -2.53. The molecule has 0 fully saturated rings. The standard InChI is InChI=1S/C21H25N3O4/c1-14(2)7-10-24-19-12-17(25)4-3-16(19)11-18(20(24)26)23-21(27)28-13-15-5-8-22-9-6-15/h3-6,8-9,12,14,18,25H,7,10-11,13H2,1-2H3,(H,23,27)/t18-/m0/s1. The SMILES string of the molecule is CC(C)CCN1C(=O)[C@@H](NC(=O)OCc2ccncc2)Cc2ccc(O)cc21. The Balaban J connectivity index is 1.70. The van der Waals surface area contributed by atoms with Crippen LogP contribution in [-0.2, 0) is 22.6 Å². The van der Waals surface area contributed by atoms with Crippen LogP contribution in [0.2, 0.25) is 0 Å². The average Bonchev–Trinajstić information content (AvgIpc) is 2.67. The van der Waals surface area contributed by atoms with Crippen LogP contribution >= 0.6 is 0 Å². The number of alkyl carbamates (subject to hydrolysis) is 1. The predicted molar refractivity (Wildman–Crippen MR) is 105 cm³/mol. The fraction of sp³-hybridized carbons (Fsp3) is 0.381. The highest BCUT2D eigenvalue weighted by Gasteiger charge is 2.34. The van der Waals surface area contributed by atoms with Crippen LogP contribution in [0.3, 0.4) is 0 Å². The summed E-state index contributed by atoms with van der Waals surface area (Å²) in [4.78, 5) is 30.8. The van der Waals surface area contributed by atoms with Crippen molar-refractivity contribution in [2.45, 2.75) is 39.3 Å². The van der Waals surface area contributed by atoms with Gasteiger partial charge in [0, 0.05) is 31.4 Å². The van der Waals surface area contributed by atoms with Gasteiger partial charge >= 0.3 is 6.09 Å². The van der Waals surface area contributed by atoms with E-state index in [1.165, 1.54) is 0 Å². The van der Waals surface area contributed by atoms with Crippen LogP contribution in [0.1, 0.15) is 31.4 Å². The first kappa shape index (κ1) is 19.7. The lowest BCUT2D eigenvalue weighted by atomic mass is 9.96. The third-order valence-corrected chi connectivity index (χ3v) is 4.69. The molecule has 2 amide bonds. The molecule has 2 N–H and O–H groups in total. The van der Waals surface area contributed by atoms with E-state index < -0.39 is 12.1 Å². The van der Waals surface area contributed by atoms with Crippen molar-refractivity contribution in [1.82, 2.24) is 10.3 Å². The smallest absolute Gasteiger partial charge is 0.408 e. The number of amides is 2. The highest BCUT2D eigenvalue weighted by atomic mass is 16.5. The van der Waals surface area contributed by atoms with Gasteiger partial charge in [0.05, 0.1) is 5.69 Å². The molecule has 1 aliphatic heterocycles. The van der Waals surface area contributed by atoms with Crippen LogP contribution in [0.4, 0.5) is 10.5 Å². The molecule has 3 rings (SSSR count). The van der Waals surface area contributed by atoms with E-state index in [1.807, 2.05) is 0 Å². The van der Waals surface area contributed by atoms with E-state index in [9.17, 15) is 14.7 Å². The number of rotatable bonds is 6. The summed E-state index contributed by atoms with van der Waals surface area (Å²) in [7, 11) is 0. The number of anilines is 1. The van der Waals surface area contributed by atoms with Crippen molar-refractivity contribution in [2.75, 3.05) is 11.4 Å². The number of nitrogens with one attached hydrogen (secondary N) is 1. The molecule has 0 radical (unpaired) electrons. The molecule has 7 heteroatoms. The van der Waals surface area contributed by atoms with Crippen molar-refractivity contribution in [2.24, 2.45) is 5.92 Å². The molecule has 148 valence electrons. The summed E-state index contributed by atoms with van der Waals surface area (Å²) < 4.78 is 5.23. The number of benzene rings is 1. The van der Waals surface area contributed by atoms with Crippen LogP contribution in [0.25, 0.3) is 0 Å². The minimum absolute atomic E-state index is 0.108. The zero-order valence-corrected chi connectivity index (χ0v) is 16.1. The molecular formula is C21H25N3O4. The number of carbonyl (C=O) groups excluding carboxylic acids is 2. The molecule has 0 saturated carbocycles. The predicted octanol–water partition coefficient (Wildman–Crippen LogP) is 3.02. The van der Waals surface area contributed by atoms with Gasteiger partial charge in [0.15, 0.2) is 0 Å². The van der Waals surface area contributed by atoms with E-state index in [4.69, 9.17) is 4.74 Å². The van der Waals surface area contributed by atoms with Gasteiger partial charge in [-0.05, 0) is 41.7 Å². The van der Waals surface area contributed by atoms with Crippen molar-refractivity contribution >= 4 is 17.7 Å². The van der Waals surface area contributed by atoms with Crippen molar-refractivity contribution in [1.29, 1.82) is 0 Å². The normalized spacial score (nSPS) is 16.0. The molecule has 1 aromatic carbocycles. The molecule has 0 aliphatic carbocycles. The second kappa shape index (κ2) is 8.73. The second-order valence-electron chi connectivity index (χ2n) is 7.32. The first-order valence-electron chi connectivity index (χ1n) is 9.39. The molecule has 1 aliphatic rings. The number of nitrogens with zero attached hydrogens (tertiary/aromatic N) is 2. The summed E-state index contributed by atoms with van der Waals surface area (Å²) in [5, 5.41) is 12.5. The minimum Gasteiger partial charge on any atom is -0.508 e. The molecule has 2 heterocycles. The Hall–Kier alpha value is -3.09. The quantitative estimate of drug-likeness (QED) is 0.800. The van der Waals surface area contributed by atoms with Crippen LogP contribution in [-0.4, -0.2) is 34.7 Å². The highest BCUT2D eigenvalue weighted by Crippen LogP contribution is 2.31. The molecule has 1 aromatic heterocycles. The van der Waals surface area contributed by atoms with Gasteiger partial charge in [0.25, 0.3) is 0 Å². The average molecular weight is 383 g/mol. The Labute approximate surface area is 164 Å². The fourth-order valence-corrected chi connectivity index (χ4v) is 3.13. The monoisotopic (exact) mass is 383 g/mol. The number of aromatic hydroxyl groups is 1. The third kappa shape index (κ3) is 4.79. The third-order valence-electron chi connectivity index (χ3n) is 4.69. The number of phenols is 1. The van der Waals surface area contributed by atoms with Crippen LogP contribution in [0, 0.1) is 5.92 Å². The summed E-state index contributed by atoms with van der Waals surface area (Å²) in [5.74, 6) is 0.344. The van der Waals surface area contributed by atoms with Crippen molar-refractivity contribution < 1.29 is 19.4 Å². The molecule has 1 atom stereocenters. The first-order chi connectivity index (χ1) is 13.4. The van der Waals surface area contributed by atoms with Gasteiger partial charge in [-0.15, -0.1) is 0 Å². The lowest BCUT2D eigenvalue weighted by molar-refractivity contribution is -0.120. The van der Waals surface area contributed by atoms with Gasteiger partial charge in [-0.1, -0.05) is 19.9 Å². The zero-order chi connectivity index (χ0) is 20.1. The summed E-state index contributed by atoms with van der Waals surface area (Å²) in [5.41, 5.74) is 2.42. The molecule has 2 aromatic rings. The Morgan fingerprint density at radius 2 is 2.07 bits per heavy atom. The molecule has 0 saturated heterocycles. The first-order valence-corrected chi connectivity index (χ1v) is 9.39. The van der Waals surface area contributed by atoms with Crippen molar-refractivity contribution in [3.63, 3.8) is 0 Å². The molecule has 28 heavy (non-hydrogen) atoms. The van der Waals surface area contributed by atoms with Crippen LogP contribution in [0.15, 0.2) is 42.7 Å². The van der Waals surface area contributed by atoms with Crippen LogP contribution < -0.4 is 10.2 Å². The molecule has 0 spiro atoms. The Bertz CT molecular complexity index is 839. The van der Waals surface area contributed by atoms with E-state index >= 15 is 0 Å². The van der Waals surface area contributed by atoms with E-state index in [1.54, 1.807) is 47.6 Å². The lowest BCUT2D eigenvalue weighted by Gasteiger charge is -2.34. The fourth-order valence-electron chi connectivity index (χ4n) is 3.13. The van der Waals surface area contributed by atoms with E-state index in [0.29, 0.717) is 24.6 Å². The van der Waals surface area contributed by atoms with Gasteiger partial charge < -0.3 is 20.1 Å². The molecule has 7 nitrogen and oxygen atoms in total. The van der Waals surface area contributed by atoms with Crippen LogP contribution in [0.5, 0.6) is 5.75 Å². The number of carbonyl (C=O) groups is 2. The Kier molecular flexibility index (Phi) is 6.13. The Morgan fingerprint density at radius 3 is 2.79 bits per heavy atom. The zero-order valence-electron chi connectivity index (χ0n) is 16.1. The van der Waals surface area contributed by atoms with Crippen molar-refractivity contribution in [3.8, 4) is 5.75 Å². The molecule has 0 unspecified atom stereocenters. The number of hydrogen-bond acceptors (Lipinski definition) is 5. The topological polar surface area (TPSA) is 91.8 Å². The molecular weight excluding hydrogens is 358 g/mol. The number of ether oxygens (including phenoxy) is 1. The maximum atomic E-state index is 13.0. The maximum Gasteiger partial charge on any atom is 0.408 e. The van der Waals surface area contributed by atoms with E-state index in [0.717, 1.165) is 17.5 Å². The number of aromatic nitrogens is 1. The van der Waals surface area contributed by atoms with E-state index in [-0.39, 0.29) is 18.3 Å². The number of phenolic OH excluding ortho intramolecular Hbond substituents is 1. The number of fused-ring (bicyclic) bond motifs is 1. The van der Waals surface area contributed by atoms with Gasteiger partial charge in [0.1, 0.15) is 18.4 Å². The van der Waals surface area contributed by atoms with Gasteiger partial charge in [-0.2, -0.15) is 0 Å². The van der Waals surface area contributed by atoms with E-state index in [2.05, 4.69) is 24.1 Å². The largest absolute Gasteiger partial charge is 0.508 e. The summed E-state index contributed by atoms with van der Waals surface area (Å²) in [6.45, 7) is 4.81. The molecule has 0 bridgehead atoms. The number of hydrogen-bond donors (Lipinski definition) is 2. The van der Waals surface area contributed by atoms with Gasteiger partial charge in [-0.25, -0.2) is 4.79 Å². The highest BCUT2D eigenvalue weighted by molar-refractivity contribution is 6.01. The number of pyridine rings is 1. The summed E-state index contributed by atoms with van der Waals surface area (Å²) in [6.07, 6.45) is 3.79. The maximum absolute atomic E-state index is 13.0. The Morgan fingerprint density at radius 1 is 1.32 bits per heavy atom. The summed E-state index contributed by atoms with van der Waals surface area (Å²) in [6, 6.07) is 7.80. The van der Waals surface area contributed by atoms with Crippen molar-refractivity contribution in [3.05, 3.63) is 53.9 Å².